The van der Waals surface area contributed by atoms with Gasteiger partial charge in [0.15, 0.2) is 17.5 Å². The molecule has 1 aliphatic heterocycles. The normalized spacial score (nSPS) is 14.0. The summed E-state index contributed by atoms with van der Waals surface area (Å²) in [5.41, 5.74) is 2.69. The highest BCUT2D eigenvalue weighted by atomic mass is 127. The molecule has 1 aliphatic rings. The van der Waals surface area contributed by atoms with E-state index >= 15 is 0 Å². The molecule has 29 heavy (non-hydrogen) atoms. The SMILES string of the molecule is CCNC(=NCCCCSC)NCCN1CCc2cc(OC)c(OC)cc2C1.I. The van der Waals surface area contributed by atoms with E-state index in [1.165, 1.54) is 23.3 Å². The van der Waals surface area contributed by atoms with Crippen molar-refractivity contribution >= 4 is 41.7 Å². The summed E-state index contributed by atoms with van der Waals surface area (Å²) in [4.78, 5) is 7.16. The summed E-state index contributed by atoms with van der Waals surface area (Å²) in [7, 11) is 3.38. The zero-order chi connectivity index (χ0) is 20.2. The van der Waals surface area contributed by atoms with Gasteiger partial charge in [-0.15, -0.1) is 24.0 Å². The molecule has 8 heteroatoms. The maximum absolute atomic E-state index is 5.46. The number of hydrogen-bond acceptors (Lipinski definition) is 5. The second-order valence-electron chi connectivity index (χ2n) is 6.89. The molecule has 1 aromatic carbocycles. The number of fused-ring (bicyclic) bond motifs is 1. The molecule has 0 aromatic heterocycles. The molecule has 0 amide bonds. The van der Waals surface area contributed by atoms with Gasteiger partial charge in [-0.1, -0.05) is 0 Å². The first-order chi connectivity index (χ1) is 13.7. The average Bonchev–Trinajstić information content (AvgIpc) is 2.72. The van der Waals surface area contributed by atoms with Crippen LogP contribution in [0, 0.1) is 0 Å². The maximum atomic E-state index is 5.46. The zero-order valence-electron chi connectivity index (χ0n) is 18.3. The molecule has 0 spiro atoms. The maximum Gasteiger partial charge on any atom is 0.191 e. The Balaban J connectivity index is 0.00000420. The molecule has 0 saturated carbocycles. The number of ether oxygens (including phenoxy) is 2. The Morgan fingerprint density at radius 3 is 2.52 bits per heavy atom. The predicted octanol–water partition coefficient (Wildman–Crippen LogP) is 3.38. The molecular formula is C21H37IN4O2S. The van der Waals surface area contributed by atoms with Gasteiger partial charge in [-0.3, -0.25) is 9.89 Å². The summed E-state index contributed by atoms with van der Waals surface area (Å²) in [5, 5.41) is 6.81. The molecule has 0 aliphatic carbocycles. The Kier molecular flexibility index (Phi) is 13.5. The van der Waals surface area contributed by atoms with E-state index in [4.69, 9.17) is 9.47 Å². The van der Waals surface area contributed by atoms with Gasteiger partial charge in [0.25, 0.3) is 0 Å². The largest absolute Gasteiger partial charge is 0.493 e. The Morgan fingerprint density at radius 1 is 1.14 bits per heavy atom. The number of hydrogen-bond donors (Lipinski definition) is 2. The minimum absolute atomic E-state index is 0. The van der Waals surface area contributed by atoms with Gasteiger partial charge in [0.05, 0.1) is 14.2 Å². The van der Waals surface area contributed by atoms with Crippen molar-refractivity contribution in [3.63, 3.8) is 0 Å². The van der Waals surface area contributed by atoms with E-state index in [9.17, 15) is 0 Å². The first-order valence-corrected chi connectivity index (χ1v) is 11.6. The number of rotatable bonds is 11. The first-order valence-electron chi connectivity index (χ1n) is 10.2. The van der Waals surface area contributed by atoms with Gasteiger partial charge < -0.3 is 20.1 Å². The van der Waals surface area contributed by atoms with Crippen LogP contribution in [0.2, 0.25) is 0 Å². The number of benzene rings is 1. The van der Waals surface area contributed by atoms with Crippen molar-refractivity contribution in [2.45, 2.75) is 32.7 Å². The molecule has 2 N–H and O–H groups in total. The van der Waals surface area contributed by atoms with E-state index in [0.717, 1.165) is 69.6 Å². The molecule has 0 radical (unpaired) electrons. The second kappa shape index (κ2) is 15.0. The number of nitrogens with one attached hydrogen (secondary N) is 2. The molecule has 0 bridgehead atoms. The molecule has 1 aromatic rings. The van der Waals surface area contributed by atoms with Gasteiger partial charge in [0.1, 0.15) is 0 Å². The third kappa shape index (κ3) is 8.80. The van der Waals surface area contributed by atoms with Crippen LogP contribution in [-0.4, -0.2) is 69.8 Å². The fraction of sp³-hybridized carbons (Fsp3) is 0.667. The smallest absolute Gasteiger partial charge is 0.191 e. The molecule has 0 saturated heterocycles. The summed E-state index contributed by atoms with van der Waals surface area (Å²) in [6.07, 6.45) is 5.57. The van der Waals surface area contributed by atoms with Crippen molar-refractivity contribution in [1.29, 1.82) is 0 Å². The Morgan fingerprint density at radius 2 is 1.86 bits per heavy atom. The van der Waals surface area contributed by atoms with E-state index in [1.54, 1.807) is 14.2 Å². The number of aliphatic imine (C=N–C) groups is 1. The summed E-state index contributed by atoms with van der Waals surface area (Å²) in [5.74, 6) is 3.77. The van der Waals surface area contributed by atoms with Crippen molar-refractivity contribution in [3.8, 4) is 11.5 Å². The average molecular weight is 537 g/mol. The molecule has 0 unspecified atom stereocenters. The minimum Gasteiger partial charge on any atom is -0.493 e. The van der Waals surface area contributed by atoms with Crippen molar-refractivity contribution in [2.24, 2.45) is 4.99 Å². The van der Waals surface area contributed by atoms with Crippen molar-refractivity contribution < 1.29 is 9.47 Å². The van der Waals surface area contributed by atoms with Crippen LogP contribution in [0.15, 0.2) is 17.1 Å². The highest BCUT2D eigenvalue weighted by molar-refractivity contribution is 14.0. The number of thioether (sulfide) groups is 1. The second-order valence-corrected chi connectivity index (χ2v) is 7.87. The van der Waals surface area contributed by atoms with Gasteiger partial charge in [-0.2, -0.15) is 11.8 Å². The van der Waals surface area contributed by atoms with Gasteiger partial charge >= 0.3 is 0 Å². The van der Waals surface area contributed by atoms with Crippen LogP contribution in [0.5, 0.6) is 11.5 Å². The first kappa shape index (κ1) is 26.2. The van der Waals surface area contributed by atoms with Crippen LogP contribution in [0.25, 0.3) is 0 Å². The summed E-state index contributed by atoms with van der Waals surface area (Å²) >= 11 is 1.90. The highest BCUT2D eigenvalue weighted by Crippen LogP contribution is 2.33. The van der Waals surface area contributed by atoms with Crippen LogP contribution >= 0.6 is 35.7 Å². The van der Waals surface area contributed by atoms with E-state index in [1.807, 2.05) is 11.8 Å². The van der Waals surface area contributed by atoms with Crippen LogP contribution in [0.4, 0.5) is 0 Å². The highest BCUT2D eigenvalue weighted by Gasteiger charge is 2.19. The fourth-order valence-electron chi connectivity index (χ4n) is 3.36. The molecular weight excluding hydrogens is 499 g/mol. The van der Waals surface area contributed by atoms with Gasteiger partial charge in [-0.25, -0.2) is 0 Å². The number of halogens is 1. The Bertz CT molecular complexity index is 631. The topological polar surface area (TPSA) is 58.1 Å². The van der Waals surface area contributed by atoms with Gasteiger partial charge in [0, 0.05) is 39.3 Å². The van der Waals surface area contributed by atoms with E-state index in [2.05, 4.69) is 45.8 Å². The van der Waals surface area contributed by atoms with Crippen LogP contribution < -0.4 is 20.1 Å². The van der Waals surface area contributed by atoms with Crippen LogP contribution in [0.1, 0.15) is 30.9 Å². The van der Waals surface area contributed by atoms with Crippen LogP contribution in [0.3, 0.4) is 0 Å². The summed E-state index contributed by atoms with van der Waals surface area (Å²) in [6, 6.07) is 4.24. The standard InChI is InChI=1S/C21H36N4O2S.HI/c1-5-22-21(23-9-6-7-13-28-4)24-10-12-25-11-8-17-14-19(26-2)20(27-3)15-18(17)16-25;/h14-15H,5-13,16H2,1-4H3,(H2,22,23,24);1H. The number of nitrogens with zero attached hydrogens (tertiary/aromatic N) is 2. The number of unbranched alkanes of at least 4 members (excludes halogenated alkanes) is 1. The summed E-state index contributed by atoms with van der Waals surface area (Å²) in [6.45, 7) is 7.76. The van der Waals surface area contributed by atoms with Gasteiger partial charge in [0.2, 0.25) is 0 Å². The summed E-state index contributed by atoms with van der Waals surface area (Å²) < 4.78 is 10.9. The van der Waals surface area contributed by atoms with E-state index in [-0.39, 0.29) is 24.0 Å². The molecule has 2 rings (SSSR count). The van der Waals surface area contributed by atoms with Crippen molar-refractivity contribution in [2.75, 3.05) is 59.0 Å². The minimum atomic E-state index is 0. The predicted molar refractivity (Wildman–Crippen MR) is 136 cm³/mol. The van der Waals surface area contributed by atoms with E-state index in [0.29, 0.717) is 0 Å². The van der Waals surface area contributed by atoms with Crippen molar-refractivity contribution in [1.82, 2.24) is 15.5 Å². The van der Waals surface area contributed by atoms with E-state index < -0.39 is 0 Å². The molecule has 1 heterocycles. The number of methoxy groups -OCH3 is 2. The molecule has 0 fully saturated rings. The lowest BCUT2D eigenvalue weighted by molar-refractivity contribution is 0.256. The lowest BCUT2D eigenvalue weighted by Crippen LogP contribution is -2.42. The zero-order valence-corrected chi connectivity index (χ0v) is 21.4. The third-order valence-electron chi connectivity index (χ3n) is 4.89. The lowest BCUT2D eigenvalue weighted by Gasteiger charge is -2.29. The number of guanidine groups is 1. The third-order valence-corrected chi connectivity index (χ3v) is 5.59. The molecule has 6 nitrogen and oxygen atoms in total. The quantitative estimate of drug-likeness (QED) is 0.196. The monoisotopic (exact) mass is 536 g/mol. The Labute approximate surface area is 197 Å². The van der Waals surface area contributed by atoms with Crippen molar-refractivity contribution in [3.05, 3.63) is 23.3 Å². The Hall–Kier alpha value is -0.870. The fourth-order valence-corrected chi connectivity index (χ4v) is 3.85. The molecule has 166 valence electrons. The molecule has 0 atom stereocenters. The lowest BCUT2D eigenvalue weighted by atomic mass is 9.99. The van der Waals surface area contributed by atoms with Gasteiger partial charge in [-0.05, 0) is 61.5 Å². The van der Waals surface area contributed by atoms with Crippen LogP contribution in [-0.2, 0) is 13.0 Å².